The van der Waals surface area contributed by atoms with Gasteiger partial charge in [0, 0.05) is 37.9 Å². The van der Waals surface area contributed by atoms with Crippen LogP contribution in [0.1, 0.15) is 33.1 Å². The lowest BCUT2D eigenvalue weighted by molar-refractivity contribution is 0.157. The second kappa shape index (κ2) is 7.17. The summed E-state index contributed by atoms with van der Waals surface area (Å²) in [5, 5.41) is 0. The van der Waals surface area contributed by atoms with Gasteiger partial charge in [0.2, 0.25) is 0 Å². The molecule has 20 heavy (non-hydrogen) atoms. The third kappa shape index (κ3) is 3.65. The molecule has 0 aliphatic carbocycles. The summed E-state index contributed by atoms with van der Waals surface area (Å²) in [6.45, 7) is 7.42. The number of anilines is 1. The van der Waals surface area contributed by atoms with Gasteiger partial charge in [-0.25, -0.2) is 4.79 Å². The standard InChI is InChI=1S/C16H24N2O2/c1-3-17(4-2)16(19)20-15-10-8-9-14(13-15)18-11-6-5-7-12-18/h8-10,13H,3-7,11-12H2,1-2H3. The second-order valence-corrected chi connectivity index (χ2v) is 5.09. The van der Waals surface area contributed by atoms with Crippen LogP contribution in [0.2, 0.25) is 0 Å². The van der Waals surface area contributed by atoms with Gasteiger partial charge in [-0.2, -0.15) is 0 Å². The van der Waals surface area contributed by atoms with Gasteiger partial charge >= 0.3 is 6.09 Å². The average Bonchev–Trinajstić information content (AvgIpc) is 2.49. The van der Waals surface area contributed by atoms with Crippen molar-refractivity contribution in [2.75, 3.05) is 31.1 Å². The monoisotopic (exact) mass is 276 g/mol. The maximum atomic E-state index is 12.0. The maximum Gasteiger partial charge on any atom is 0.415 e. The second-order valence-electron chi connectivity index (χ2n) is 5.09. The van der Waals surface area contributed by atoms with Crippen LogP contribution in [0, 0.1) is 0 Å². The Kier molecular flexibility index (Phi) is 5.27. The fourth-order valence-electron chi connectivity index (χ4n) is 2.54. The Labute approximate surface area is 121 Å². The number of hydrogen-bond donors (Lipinski definition) is 0. The largest absolute Gasteiger partial charge is 0.415 e. The van der Waals surface area contributed by atoms with Gasteiger partial charge < -0.3 is 14.5 Å². The summed E-state index contributed by atoms with van der Waals surface area (Å²) in [6, 6.07) is 7.84. The van der Waals surface area contributed by atoms with Gasteiger partial charge in [0.05, 0.1) is 0 Å². The summed E-state index contributed by atoms with van der Waals surface area (Å²) in [7, 11) is 0. The summed E-state index contributed by atoms with van der Waals surface area (Å²) in [6.07, 6.45) is 3.52. The molecule has 110 valence electrons. The predicted molar refractivity (Wildman–Crippen MR) is 81.5 cm³/mol. The van der Waals surface area contributed by atoms with E-state index in [1.807, 2.05) is 32.0 Å². The van der Waals surface area contributed by atoms with Crippen molar-refractivity contribution in [2.45, 2.75) is 33.1 Å². The number of carbonyl (C=O) groups excluding carboxylic acids is 1. The number of benzene rings is 1. The minimum Gasteiger partial charge on any atom is -0.410 e. The summed E-state index contributed by atoms with van der Waals surface area (Å²) in [5.74, 6) is 0.630. The molecule has 2 rings (SSSR count). The lowest BCUT2D eigenvalue weighted by Gasteiger charge is -2.29. The van der Waals surface area contributed by atoms with Crippen molar-refractivity contribution in [1.29, 1.82) is 0 Å². The molecule has 0 bridgehead atoms. The third-order valence-corrected chi connectivity index (χ3v) is 3.77. The van der Waals surface area contributed by atoms with E-state index in [4.69, 9.17) is 4.74 Å². The van der Waals surface area contributed by atoms with Crippen LogP contribution >= 0.6 is 0 Å². The van der Waals surface area contributed by atoms with Crippen molar-refractivity contribution in [3.05, 3.63) is 24.3 Å². The number of amides is 1. The molecule has 4 nitrogen and oxygen atoms in total. The highest BCUT2D eigenvalue weighted by Gasteiger charge is 2.14. The molecular weight excluding hydrogens is 252 g/mol. The molecule has 1 aliphatic heterocycles. The summed E-state index contributed by atoms with van der Waals surface area (Å²) < 4.78 is 5.45. The van der Waals surface area contributed by atoms with Crippen molar-refractivity contribution >= 4 is 11.8 Å². The van der Waals surface area contributed by atoms with Gasteiger partial charge in [-0.15, -0.1) is 0 Å². The molecule has 0 N–H and O–H groups in total. The van der Waals surface area contributed by atoms with Crippen LogP contribution in [0.5, 0.6) is 5.75 Å². The third-order valence-electron chi connectivity index (χ3n) is 3.77. The molecule has 1 amide bonds. The number of ether oxygens (including phenoxy) is 1. The molecule has 0 aromatic heterocycles. The van der Waals surface area contributed by atoms with E-state index in [0.29, 0.717) is 18.8 Å². The highest BCUT2D eigenvalue weighted by molar-refractivity contribution is 5.71. The Balaban J connectivity index is 2.03. The Morgan fingerprint density at radius 3 is 2.55 bits per heavy atom. The van der Waals surface area contributed by atoms with Gasteiger partial charge in [-0.05, 0) is 45.2 Å². The van der Waals surface area contributed by atoms with Crippen molar-refractivity contribution in [3.63, 3.8) is 0 Å². The molecule has 0 spiro atoms. The molecule has 1 aliphatic rings. The van der Waals surface area contributed by atoms with Crippen molar-refractivity contribution in [3.8, 4) is 5.75 Å². The van der Waals surface area contributed by atoms with E-state index in [2.05, 4.69) is 11.0 Å². The van der Waals surface area contributed by atoms with Gasteiger partial charge in [-0.3, -0.25) is 0 Å². The number of rotatable bonds is 4. The molecule has 1 fully saturated rings. The zero-order valence-corrected chi connectivity index (χ0v) is 12.5. The van der Waals surface area contributed by atoms with Gasteiger partial charge in [0.25, 0.3) is 0 Å². The molecule has 1 saturated heterocycles. The first kappa shape index (κ1) is 14.7. The molecule has 0 unspecified atom stereocenters. The Morgan fingerprint density at radius 1 is 1.20 bits per heavy atom. The molecule has 0 saturated carbocycles. The summed E-state index contributed by atoms with van der Waals surface area (Å²) in [5.41, 5.74) is 1.15. The van der Waals surface area contributed by atoms with Gasteiger partial charge in [-0.1, -0.05) is 6.07 Å². The minimum atomic E-state index is -0.272. The summed E-state index contributed by atoms with van der Waals surface area (Å²) in [4.78, 5) is 16.0. The minimum absolute atomic E-state index is 0.272. The lowest BCUT2D eigenvalue weighted by Crippen LogP contribution is -2.33. The highest BCUT2D eigenvalue weighted by Crippen LogP contribution is 2.24. The Morgan fingerprint density at radius 2 is 1.90 bits per heavy atom. The number of piperidine rings is 1. The van der Waals surface area contributed by atoms with E-state index < -0.39 is 0 Å². The quantitative estimate of drug-likeness (QED) is 0.843. The number of hydrogen-bond acceptors (Lipinski definition) is 3. The zero-order chi connectivity index (χ0) is 14.4. The molecule has 0 radical (unpaired) electrons. The van der Waals surface area contributed by atoms with E-state index in [1.54, 1.807) is 4.90 Å². The number of carbonyl (C=O) groups is 1. The van der Waals surface area contributed by atoms with Crippen LogP contribution in [0.3, 0.4) is 0 Å². The van der Waals surface area contributed by atoms with Gasteiger partial charge in [0.1, 0.15) is 5.75 Å². The normalized spacial score (nSPS) is 15.0. The summed E-state index contributed by atoms with van der Waals surface area (Å²) >= 11 is 0. The topological polar surface area (TPSA) is 32.8 Å². The molecule has 1 heterocycles. The van der Waals surface area contributed by atoms with E-state index in [1.165, 1.54) is 19.3 Å². The van der Waals surface area contributed by atoms with Crippen LogP contribution in [0.15, 0.2) is 24.3 Å². The maximum absolute atomic E-state index is 12.0. The smallest absolute Gasteiger partial charge is 0.410 e. The van der Waals surface area contributed by atoms with E-state index in [-0.39, 0.29) is 6.09 Å². The first-order chi connectivity index (χ1) is 9.74. The molecule has 4 heteroatoms. The highest BCUT2D eigenvalue weighted by atomic mass is 16.6. The zero-order valence-electron chi connectivity index (χ0n) is 12.5. The number of nitrogens with zero attached hydrogens (tertiary/aromatic N) is 2. The fourth-order valence-corrected chi connectivity index (χ4v) is 2.54. The fraction of sp³-hybridized carbons (Fsp3) is 0.562. The lowest BCUT2D eigenvalue weighted by atomic mass is 10.1. The first-order valence-corrected chi connectivity index (χ1v) is 7.56. The molecule has 1 aromatic rings. The van der Waals surface area contributed by atoms with E-state index >= 15 is 0 Å². The van der Waals surface area contributed by atoms with E-state index in [9.17, 15) is 4.79 Å². The Hall–Kier alpha value is -1.71. The SMILES string of the molecule is CCN(CC)C(=O)Oc1cccc(N2CCCCC2)c1. The Bertz CT molecular complexity index is 438. The first-order valence-electron chi connectivity index (χ1n) is 7.56. The van der Waals surface area contributed by atoms with Crippen LogP contribution in [-0.2, 0) is 0 Å². The average molecular weight is 276 g/mol. The van der Waals surface area contributed by atoms with Gasteiger partial charge in [0.15, 0.2) is 0 Å². The van der Waals surface area contributed by atoms with Crippen LogP contribution in [-0.4, -0.2) is 37.2 Å². The van der Waals surface area contributed by atoms with Crippen LogP contribution < -0.4 is 9.64 Å². The van der Waals surface area contributed by atoms with Crippen molar-refractivity contribution < 1.29 is 9.53 Å². The van der Waals surface area contributed by atoms with Crippen LogP contribution in [0.4, 0.5) is 10.5 Å². The molecule has 0 atom stereocenters. The van der Waals surface area contributed by atoms with Crippen molar-refractivity contribution in [1.82, 2.24) is 4.90 Å². The van der Waals surface area contributed by atoms with Crippen LogP contribution in [0.25, 0.3) is 0 Å². The van der Waals surface area contributed by atoms with E-state index in [0.717, 1.165) is 18.8 Å². The molecular formula is C16H24N2O2. The van der Waals surface area contributed by atoms with Crippen molar-refractivity contribution in [2.24, 2.45) is 0 Å². The molecule has 1 aromatic carbocycles. The predicted octanol–water partition coefficient (Wildman–Crippen LogP) is 3.52.